The fourth-order valence-electron chi connectivity index (χ4n) is 3.54. The highest BCUT2D eigenvalue weighted by Gasteiger charge is 2.29. The van der Waals surface area contributed by atoms with Gasteiger partial charge in [0.25, 0.3) is 5.91 Å². The van der Waals surface area contributed by atoms with Crippen LogP contribution < -0.4 is 10.1 Å². The van der Waals surface area contributed by atoms with Crippen LogP contribution in [0.25, 0.3) is 11.3 Å². The first-order chi connectivity index (χ1) is 15.1. The van der Waals surface area contributed by atoms with Crippen molar-refractivity contribution in [3.63, 3.8) is 0 Å². The number of thiazole rings is 1. The molecule has 3 aromatic rings. The number of amides is 2. The van der Waals surface area contributed by atoms with E-state index in [1.807, 2.05) is 47.2 Å². The zero-order chi connectivity index (χ0) is 21.6. The van der Waals surface area contributed by atoms with Gasteiger partial charge in [-0.05, 0) is 55.0 Å². The average molecular weight is 456 g/mol. The van der Waals surface area contributed by atoms with Gasteiger partial charge < -0.3 is 15.0 Å². The predicted molar refractivity (Wildman–Crippen MR) is 125 cm³/mol. The van der Waals surface area contributed by atoms with Gasteiger partial charge in [-0.15, -0.1) is 22.7 Å². The second-order valence-electron chi connectivity index (χ2n) is 7.47. The monoisotopic (exact) mass is 455 g/mol. The first-order valence-electron chi connectivity index (χ1n) is 10.5. The van der Waals surface area contributed by atoms with Crippen molar-refractivity contribution in [2.24, 2.45) is 5.92 Å². The van der Waals surface area contributed by atoms with E-state index in [0.29, 0.717) is 24.8 Å². The molecular weight excluding hydrogens is 430 g/mol. The molecule has 3 heterocycles. The van der Waals surface area contributed by atoms with E-state index in [1.165, 1.54) is 22.7 Å². The van der Waals surface area contributed by atoms with Crippen LogP contribution in [0.3, 0.4) is 0 Å². The summed E-state index contributed by atoms with van der Waals surface area (Å²) in [6.07, 6.45) is 2.57. The highest BCUT2D eigenvalue weighted by Crippen LogP contribution is 2.28. The molecule has 1 saturated heterocycles. The normalized spacial score (nSPS) is 16.2. The minimum Gasteiger partial charge on any atom is -0.494 e. The summed E-state index contributed by atoms with van der Waals surface area (Å²) < 4.78 is 5.62. The number of nitrogens with zero attached hydrogens (tertiary/aromatic N) is 2. The largest absolute Gasteiger partial charge is 0.494 e. The summed E-state index contributed by atoms with van der Waals surface area (Å²) in [6.45, 7) is 3.91. The van der Waals surface area contributed by atoms with Gasteiger partial charge in [0, 0.05) is 24.0 Å². The van der Waals surface area contributed by atoms with Crippen LogP contribution in [0.5, 0.6) is 5.75 Å². The lowest BCUT2D eigenvalue weighted by molar-refractivity contribution is -0.121. The van der Waals surface area contributed by atoms with E-state index in [1.54, 1.807) is 4.90 Å². The molecule has 2 amide bonds. The maximum absolute atomic E-state index is 12.8. The summed E-state index contributed by atoms with van der Waals surface area (Å²) >= 11 is 2.84. The molecule has 0 saturated carbocycles. The average Bonchev–Trinajstić information content (AvgIpc) is 3.50. The number of anilines is 1. The topological polar surface area (TPSA) is 71.5 Å². The van der Waals surface area contributed by atoms with Crippen molar-refractivity contribution in [2.75, 3.05) is 25.0 Å². The van der Waals surface area contributed by atoms with E-state index in [-0.39, 0.29) is 17.7 Å². The van der Waals surface area contributed by atoms with Crippen molar-refractivity contribution in [1.29, 1.82) is 0 Å². The number of carbonyl (C=O) groups is 2. The Balaban J connectivity index is 1.35. The number of rotatable bonds is 7. The van der Waals surface area contributed by atoms with Gasteiger partial charge in [0.2, 0.25) is 5.91 Å². The van der Waals surface area contributed by atoms with Crippen molar-refractivity contribution in [1.82, 2.24) is 9.88 Å². The Morgan fingerprint density at radius 2 is 2.06 bits per heavy atom. The fourth-order valence-corrected chi connectivity index (χ4v) is 4.96. The summed E-state index contributed by atoms with van der Waals surface area (Å²) in [6, 6.07) is 11.5. The number of thiophene rings is 1. The zero-order valence-electron chi connectivity index (χ0n) is 17.4. The van der Waals surface area contributed by atoms with Crippen molar-refractivity contribution < 1.29 is 14.3 Å². The van der Waals surface area contributed by atoms with Crippen molar-refractivity contribution in [3.8, 4) is 17.0 Å². The van der Waals surface area contributed by atoms with Crippen LogP contribution in [0, 0.1) is 5.92 Å². The number of carbonyl (C=O) groups excluding carboxylic acids is 2. The number of ether oxygens (including phenoxy) is 1. The van der Waals surface area contributed by atoms with Gasteiger partial charge >= 0.3 is 0 Å². The number of aromatic nitrogens is 1. The molecule has 0 spiro atoms. The van der Waals surface area contributed by atoms with Crippen LogP contribution in [0.4, 0.5) is 5.13 Å². The Bertz CT molecular complexity index is 1020. The van der Waals surface area contributed by atoms with Gasteiger partial charge in [0.15, 0.2) is 5.13 Å². The molecule has 4 rings (SSSR count). The summed E-state index contributed by atoms with van der Waals surface area (Å²) in [5.74, 6) is 0.552. The molecule has 8 heteroatoms. The molecule has 0 bridgehead atoms. The summed E-state index contributed by atoms with van der Waals surface area (Å²) in [5, 5.41) is 7.35. The molecule has 31 heavy (non-hydrogen) atoms. The van der Waals surface area contributed by atoms with E-state index < -0.39 is 0 Å². The first kappa shape index (κ1) is 21.5. The van der Waals surface area contributed by atoms with Gasteiger partial charge in [-0.1, -0.05) is 13.0 Å². The molecule has 1 atom stereocenters. The maximum atomic E-state index is 12.8. The standard InChI is InChI=1S/C23H25N3O3S2/c1-2-12-29-18-9-7-16(8-10-18)19-15-31-23(24-19)25-21(27)17-5-3-11-26(14-17)22(28)20-6-4-13-30-20/h4,6-10,13,15,17H,2-3,5,11-12,14H2,1H3,(H,24,25,27). The molecule has 1 aliphatic rings. The van der Waals surface area contributed by atoms with Gasteiger partial charge in [-0.25, -0.2) is 4.98 Å². The summed E-state index contributed by atoms with van der Waals surface area (Å²) in [7, 11) is 0. The SMILES string of the molecule is CCCOc1ccc(-c2csc(NC(=O)C3CCCN(C(=O)c4cccs4)C3)n2)cc1. The van der Waals surface area contributed by atoms with Crippen LogP contribution in [-0.2, 0) is 4.79 Å². The van der Waals surface area contributed by atoms with Gasteiger partial charge in [0.1, 0.15) is 5.75 Å². The minimum atomic E-state index is -0.222. The molecule has 1 fully saturated rings. The molecule has 6 nitrogen and oxygen atoms in total. The van der Waals surface area contributed by atoms with E-state index in [4.69, 9.17) is 4.74 Å². The first-order valence-corrected chi connectivity index (χ1v) is 12.2. The van der Waals surface area contributed by atoms with Gasteiger partial charge in [0.05, 0.1) is 23.1 Å². The molecule has 1 unspecified atom stereocenters. The highest BCUT2D eigenvalue weighted by molar-refractivity contribution is 7.14. The highest BCUT2D eigenvalue weighted by atomic mass is 32.1. The van der Waals surface area contributed by atoms with Crippen molar-refractivity contribution in [2.45, 2.75) is 26.2 Å². The Labute approximate surface area is 189 Å². The molecule has 1 aromatic carbocycles. The smallest absolute Gasteiger partial charge is 0.263 e. The van der Waals surface area contributed by atoms with Crippen LogP contribution >= 0.6 is 22.7 Å². The Kier molecular flexibility index (Phi) is 6.99. The van der Waals surface area contributed by atoms with Gasteiger partial charge in [-0.2, -0.15) is 0 Å². The molecule has 0 aliphatic carbocycles. The van der Waals surface area contributed by atoms with E-state index >= 15 is 0 Å². The lowest BCUT2D eigenvalue weighted by atomic mass is 9.97. The molecule has 2 aromatic heterocycles. The molecule has 162 valence electrons. The fraction of sp³-hybridized carbons (Fsp3) is 0.348. The number of nitrogens with one attached hydrogen (secondary N) is 1. The van der Waals surface area contributed by atoms with Crippen LogP contribution in [-0.4, -0.2) is 41.4 Å². The minimum absolute atomic E-state index is 0.00963. The predicted octanol–water partition coefficient (Wildman–Crippen LogP) is 5.15. The van der Waals surface area contributed by atoms with Crippen LogP contribution in [0.2, 0.25) is 0 Å². The lowest BCUT2D eigenvalue weighted by Crippen LogP contribution is -2.43. The Hall–Kier alpha value is -2.71. The second-order valence-corrected chi connectivity index (χ2v) is 9.27. The number of likely N-dealkylation sites (tertiary alicyclic amines) is 1. The Morgan fingerprint density at radius 1 is 1.23 bits per heavy atom. The zero-order valence-corrected chi connectivity index (χ0v) is 19.0. The van der Waals surface area contributed by atoms with E-state index in [2.05, 4.69) is 17.2 Å². The third-order valence-corrected chi connectivity index (χ3v) is 6.78. The number of hydrogen-bond donors (Lipinski definition) is 1. The number of hydrogen-bond acceptors (Lipinski definition) is 6. The maximum Gasteiger partial charge on any atom is 0.263 e. The van der Waals surface area contributed by atoms with Crippen molar-refractivity contribution in [3.05, 3.63) is 52.0 Å². The van der Waals surface area contributed by atoms with Crippen LogP contribution in [0.15, 0.2) is 47.2 Å². The molecule has 0 radical (unpaired) electrons. The summed E-state index contributed by atoms with van der Waals surface area (Å²) in [5.41, 5.74) is 1.80. The summed E-state index contributed by atoms with van der Waals surface area (Å²) in [4.78, 5) is 32.5. The molecule has 1 N–H and O–H groups in total. The van der Waals surface area contributed by atoms with Crippen LogP contribution in [0.1, 0.15) is 35.9 Å². The third kappa shape index (κ3) is 5.32. The lowest BCUT2D eigenvalue weighted by Gasteiger charge is -2.31. The quantitative estimate of drug-likeness (QED) is 0.535. The second kappa shape index (κ2) is 10.1. The van der Waals surface area contributed by atoms with E-state index in [9.17, 15) is 9.59 Å². The third-order valence-electron chi connectivity index (χ3n) is 5.17. The molecule has 1 aliphatic heterocycles. The Morgan fingerprint density at radius 3 is 2.81 bits per heavy atom. The molecular formula is C23H25N3O3S2. The van der Waals surface area contributed by atoms with E-state index in [0.717, 1.165) is 41.1 Å². The number of piperidine rings is 1. The van der Waals surface area contributed by atoms with Crippen molar-refractivity contribution >= 4 is 39.6 Å². The number of benzene rings is 1. The van der Waals surface area contributed by atoms with Gasteiger partial charge in [-0.3, -0.25) is 9.59 Å².